The predicted octanol–water partition coefficient (Wildman–Crippen LogP) is 12.0. The van der Waals surface area contributed by atoms with E-state index < -0.39 is 0 Å². The van der Waals surface area contributed by atoms with Gasteiger partial charge >= 0.3 is 0 Å². The Labute approximate surface area is 342 Å². The summed E-state index contributed by atoms with van der Waals surface area (Å²) in [6.07, 6.45) is 0. The Bertz CT molecular complexity index is 3420. The molecular formula is C54H35BN4. The molecule has 0 saturated carbocycles. The third-order valence-electron chi connectivity index (χ3n) is 12.6. The van der Waals surface area contributed by atoms with Gasteiger partial charge in [-0.2, -0.15) is 0 Å². The summed E-state index contributed by atoms with van der Waals surface area (Å²) < 4.78 is 5.06. The first-order valence-electron chi connectivity index (χ1n) is 20.4. The van der Waals surface area contributed by atoms with Crippen LogP contribution in [0.15, 0.2) is 212 Å². The minimum atomic E-state index is 0.0320. The number of nitrogens with zero attached hydrogens (tertiary/aromatic N) is 4. The number of benzene rings is 9. The SMILES string of the molecule is c1ccc(N(c2ccccc2)c2cccc(N3c4ccccc4B4c5c3cccc5-n3c5ccccc5c5c3c4cc3c4ccccc4n(-c4ccccc4)c35)c2)cc1. The second-order valence-electron chi connectivity index (χ2n) is 15.7. The van der Waals surface area contributed by atoms with Crippen molar-refractivity contribution in [2.45, 2.75) is 0 Å². The lowest BCUT2D eigenvalue weighted by Gasteiger charge is -2.40. The van der Waals surface area contributed by atoms with Gasteiger partial charge in [0.15, 0.2) is 0 Å². The molecule has 274 valence electrons. The van der Waals surface area contributed by atoms with Crippen LogP contribution in [0.4, 0.5) is 34.1 Å². The van der Waals surface area contributed by atoms with Crippen molar-refractivity contribution in [2.75, 3.05) is 9.80 Å². The summed E-state index contributed by atoms with van der Waals surface area (Å²) in [6.45, 7) is 0.0320. The zero-order valence-electron chi connectivity index (χ0n) is 32.1. The van der Waals surface area contributed by atoms with Gasteiger partial charge in [-0.3, -0.25) is 0 Å². The molecule has 0 aliphatic carbocycles. The highest BCUT2D eigenvalue weighted by molar-refractivity contribution is 7.00. The average molecular weight is 751 g/mol. The summed E-state index contributed by atoms with van der Waals surface area (Å²) in [7, 11) is 0. The summed E-state index contributed by atoms with van der Waals surface area (Å²) in [5, 5.41) is 5.12. The van der Waals surface area contributed by atoms with Crippen LogP contribution in [-0.2, 0) is 0 Å². The first-order chi connectivity index (χ1) is 29.3. The largest absolute Gasteiger partial charge is 0.311 e. The second kappa shape index (κ2) is 12.4. The summed E-state index contributed by atoms with van der Waals surface area (Å²) in [4.78, 5) is 4.84. The summed E-state index contributed by atoms with van der Waals surface area (Å²) in [5.41, 5.74) is 18.3. The third kappa shape index (κ3) is 4.50. The molecule has 9 aromatic carbocycles. The van der Waals surface area contributed by atoms with Crippen LogP contribution < -0.4 is 26.2 Å². The van der Waals surface area contributed by atoms with Gasteiger partial charge in [0.25, 0.3) is 6.71 Å². The lowest BCUT2D eigenvalue weighted by molar-refractivity contribution is 1.17. The van der Waals surface area contributed by atoms with E-state index in [1.807, 2.05) is 0 Å². The Morgan fingerprint density at radius 1 is 0.356 bits per heavy atom. The van der Waals surface area contributed by atoms with Gasteiger partial charge in [0.05, 0.1) is 22.1 Å². The van der Waals surface area contributed by atoms with E-state index in [9.17, 15) is 0 Å². The molecule has 0 saturated heterocycles. The molecule has 13 rings (SSSR count). The summed E-state index contributed by atoms with van der Waals surface area (Å²) >= 11 is 0. The van der Waals surface area contributed by atoms with Crippen molar-refractivity contribution in [3.63, 3.8) is 0 Å². The van der Waals surface area contributed by atoms with Crippen LogP contribution in [-0.4, -0.2) is 15.8 Å². The summed E-state index contributed by atoms with van der Waals surface area (Å²) in [5.74, 6) is 0. The molecule has 2 aliphatic rings. The van der Waals surface area contributed by atoms with E-state index in [0.717, 1.165) is 22.7 Å². The monoisotopic (exact) mass is 750 g/mol. The van der Waals surface area contributed by atoms with E-state index in [0.29, 0.717) is 0 Å². The van der Waals surface area contributed by atoms with Crippen molar-refractivity contribution >= 4 is 101 Å². The Balaban J connectivity index is 1.11. The first kappa shape index (κ1) is 32.3. The fraction of sp³-hybridized carbons (Fsp3) is 0. The topological polar surface area (TPSA) is 16.3 Å². The Morgan fingerprint density at radius 2 is 0.915 bits per heavy atom. The van der Waals surface area contributed by atoms with Crippen LogP contribution in [0.5, 0.6) is 0 Å². The quantitative estimate of drug-likeness (QED) is 0.163. The van der Waals surface area contributed by atoms with Crippen molar-refractivity contribution in [2.24, 2.45) is 0 Å². The van der Waals surface area contributed by atoms with Crippen molar-refractivity contribution in [1.82, 2.24) is 9.13 Å². The highest BCUT2D eigenvalue weighted by atomic mass is 15.2. The molecule has 0 bridgehead atoms. The molecule has 0 spiro atoms. The molecule has 2 aromatic heterocycles. The fourth-order valence-corrected chi connectivity index (χ4v) is 10.4. The molecule has 0 N–H and O–H groups in total. The van der Waals surface area contributed by atoms with Crippen molar-refractivity contribution < 1.29 is 0 Å². The maximum atomic E-state index is 2.57. The average Bonchev–Trinajstić information content (AvgIpc) is 3.82. The van der Waals surface area contributed by atoms with Crippen LogP contribution in [0.3, 0.4) is 0 Å². The molecule has 11 aromatic rings. The van der Waals surface area contributed by atoms with Crippen molar-refractivity contribution in [3.8, 4) is 11.4 Å². The third-order valence-corrected chi connectivity index (χ3v) is 12.6. The molecule has 4 heterocycles. The lowest BCUT2D eigenvalue weighted by Crippen LogP contribution is -2.60. The van der Waals surface area contributed by atoms with Crippen molar-refractivity contribution in [3.05, 3.63) is 212 Å². The molecule has 0 fully saturated rings. The molecular weight excluding hydrogens is 715 g/mol. The molecule has 5 heteroatoms. The smallest absolute Gasteiger partial charge is 0.252 e. The number of anilines is 6. The van der Waals surface area contributed by atoms with Crippen LogP contribution in [0.1, 0.15) is 0 Å². The van der Waals surface area contributed by atoms with Gasteiger partial charge in [-0.25, -0.2) is 0 Å². The maximum Gasteiger partial charge on any atom is 0.252 e. The molecule has 59 heavy (non-hydrogen) atoms. The second-order valence-corrected chi connectivity index (χ2v) is 15.7. The van der Waals surface area contributed by atoms with E-state index in [1.54, 1.807) is 0 Å². The van der Waals surface area contributed by atoms with Gasteiger partial charge in [0.2, 0.25) is 0 Å². The number of hydrogen-bond acceptors (Lipinski definition) is 2. The van der Waals surface area contributed by atoms with Gasteiger partial charge in [-0.05, 0) is 101 Å². The van der Waals surface area contributed by atoms with E-state index in [1.165, 1.54) is 82.7 Å². The Morgan fingerprint density at radius 3 is 1.68 bits per heavy atom. The van der Waals surface area contributed by atoms with Gasteiger partial charge in [-0.15, -0.1) is 0 Å². The molecule has 0 radical (unpaired) electrons. The van der Waals surface area contributed by atoms with E-state index in [2.05, 4.69) is 231 Å². The van der Waals surface area contributed by atoms with Crippen LogP contribution >= 0.6 is 0 Å². The summed E-state index contributed by atoms with van der Waals surface area (Å²) in [6, 6.07) is 77.7. The molecule has 0 amide bonds. The molecule has 4 nitrogen and oxygen atoms in total. The van der Waals surface area contributed by atoms with E-state index >= 15 is 0 Å². The maximum absolute atomic E-state index is 2.57. The van der Waals surface area contributed by atoms with E-state index in [4.69, 9.17) is 0 Å². The first-order valence-corrected chi connectivity index (χ1v) is 20.4. The van der Waals surface area contributed by atoms with Crippen molar-refractivity contribution in [1.29, 1.82) is 0 Å². The lowest BCUT2D eigenvalue weighted by atomic mass is 9.33. The van der Waals surface area contributed by atoms with Gasteiger partial charge in [0.1, 0.15) is 0 Å². The molecule has 0 atom stereocenters. The number of hydrogen-bond donors (Lipinski definition) is 0. The highest BCUT2D eigenvalue weighted by Crippen LogP contribution is 2.46. The Kier molecular flexibility index (Phi) is 6.78. The normalized spacial score (nSPS) is 12.7. The van der Waals surface area contributed by atoms with Crippen LogP contribution in [0, 0.1) is 0 Å². The van der Waals surface area contributed by atoms with Gasteiger partial charge in [0, 0.05) is 67.0 Å². The zero-order chi connectivity index (χ0) is 38.6. The number of rotatable bonds is 5. The molecule has 0 unspecified atom stereocenters. The van der Waals surface area contributed by atoms with E-state index in [-0.39, 0.29) is 6.71 Å². The minimum absolute atomic E-state index is 0.0320. The Hall–Kier alpha value is -7.76. The van der Waals surface area contributed by atoms with Crippen LogP contribution in [0.25, 0.3) is 55.0 Å². The highest BCUT2D eigenvalue weighted by Gasteiger charge is 2.42. The predicted molar refractivity (Wildman–Crippen MR) is 249 cm³/mol. The minimum Gasteiger partial charge on any atom is -0.311 e. The number of para-hydroxylation sites is 6. The van der Waals surface area contributed by atoms with Gasteiger partial charge in [-0.1, -0.05) is 127 Å². The number of aromatic nitrogens is 2. The standard InChI is InChI=1S/C54H35BN4/c1-4-18-36(19-5-1)56(37-20-6-2-7-21-37)39-24-16-25-40(34-39)57-48-31-15-12-28-44(48)55-45-35-43-41-26-10-13-29-46(41)58(38-22-8-3-9-23-38)53(43)51-42-27-11-14-30-47(42)59(54(45)51)50-33-17-32-49(57)52(50)55/h1-35H. The fourth-order valence-electron chi connectivity index (χ4n) is 10.4. The van der Waals surface area contributed by atoms with Gasteiger partial charge < -0.3 is 18.9 Å². The zero-order valence-corrected chi connectivity index (χ0v) is 32.1. The molecule has 2 aliphatic heterocycles. The van der Waals surface area contributed by atoms with Crippen LogP contribution in [0.2, 0.25) is 0 Å². The number of fused-ring (bicyclic) bond motifs is 11.